The van der Waals surface area contributed by atoms with Crippen molar-refractivity contribution in [2.24, 2.45) is 0 Å². The van der Waals surface area contributed by atoms with Crippen molar-refractivity contribution in [2.45, 2.75) is 52.2 Å². The van der Waals surface area contributed by atoms with Crippen LogP contribution < -0.4 is 4.74 Å². The first-order valence-corrected chi connectivity index (χ1v) is 7.76. The van der Waals surface area contributed by atoms with Gasteiger partial charge in [-0.3, -0.25) is 0 Å². The molecule has 0 saturated carbocycles. The van der Waals surface area contributed by atoms with Gasteiger partial charge in [-0.05, 0) is 52.1 Å². The summed E-state index contributed by atoms with van der Waals surface area (Å²) in [4.78, 5) is 21.9. The number of aryl methyl sites for hydroxylation is 1. The maximum absolute atomic E-state index is 12.2. The summed E-state index contributed by atoms with van der Waals surface area (Å²) in [5.74, 6) is 0.425. The fourth-order valence-corrected chi connectivity index (χ4v) is 2.55. The number of hydrogen-bond donors (Lipinski definition) is 0. The molecule has 1 atom stereocenters. The van der Waals surface area contributed by atoms with Crippen LogP contribution in [0.2, 0.25) is 5.28 Å². The summed E-state index contributed by atoms with van der Waals surface area (Å²) in [5, 5.41) is 0.158. The number of carbonyl (C=O) groups excluding carboxylic acids is 1. The highest BCUT2D eigenvalue weighted by Crippen LogP contribution is 2.22. The Hall–Kier alpha value is -1.56. The molecule has 2 rings (SSSR count). The fourth-order valence-electron chi connectivity index (χ4n) is 2.33. The van der Waals surface area contributed by atoms with Crippen LogP contribution in [0, 0.1) is 6.92 Å². The molecule has 1 amide bonds. The monoisotopic (exact) mass is 327 g/mol. The lowest BCUT2D eigenvalue weighted by Gasteiger charge is -2.28. The summed E-state index contributed by atoms with van der Waals surface area (Å²) in [6, 6.07) is 1.71. The summed E-state index contributed by atoms with van der Waals surface area (Å²) in [5.41, 5.74) is 0.243. The smallest absolute Gasteiger partial charge is 0.410 e. The van der Waals surface area contributed by atoms with E-state index >= 15 is 0 Å². The predicted molar refractivity (Wildman–Crippen MR) is 83.2 cm³/mol. The van der Waals surface area contributed by atoms with Gasteiger partial charge in [-0.15, -0.1) is 0 Å². The van der Waals surface area contributed by atoms with E-state index in [-0.39, 0.29) is 17.4 Å². The number of likely N-dealkylation sites (tertiary alicyclic amines) is 1. The first-order valence-electron chi connectivity index (χ1n) is 7.38. The van der Waals surface area contributed by atoms with Crippen molar-refractivity contribution in [3.05, 3.63) is 17.0 Å². The number of halogens is 1. The number of nitrogens with zero attached hydrogens (tertiary/aromatic N) is 3. The third kappa shape index (κ3) is 4.73. The molecule has 1 fully saturated rings. The largest absolute Gasteiger partial charge is 0.475 e. The van der Waals surface area contributed by atoms with Gasteiger partial charge in [-0.1, -0.05) is 0 Å². The van der Waals surface area contributed by atoms with Crippen LogP contribution >= 0.6 is 11.6 Å². The van der Waals surface area contributed by atoms with Crippen LogP contribution in [0.5, 0.6) is 5.88 Å². The van der Waals surface area contributed by atoms with Crippen LogP contribution in [-0.4, -0.2) is 45.8 Å². The Balaban J connectivity index is 1.95. The number of ether oxygens (including phenoxy) is 2. The van der Waals surface area contributed by atoms with Crippen LogP contribution in [0.4, 0.5) is 4.79 Å². The average molecular weight is 328 g/mol. The number of aromatic nitrogens is 2. The van der Waals surface area contributed by atoms with E-state index in [1.54, 1.807) is 11.0 Å². The molecule has 0 N–H and O–H groups in total. The Labute approximate surface area is 135 Å². The summed E-state index contributed by atoms with van der Waals surface area (Å²) in [7, 11) is 0. The number of rotatable bonds is 3. The molecule has 0 aromatic carbocycles. The first kappa shape index (κ1) is 16.8. The standard InChI is InChI=1S/C15H22ClN3O3/c1-10-8-12(18-13(16)17-10)21-9-11-6-5-7-19(11)14(20)22-15(2,3)4/h8,11H,5-7,9H2,1-4H3/t11-/m0/s1. The molecule has 1 aromatic rings. The van der Waals surface area contributed by atoms with E-state index in [0.717, 1.165) is 18.5 Å². The molecular weight excluding hydrogens is 306 g/mol. The highest BCUT2D eigenvalue weighted by Gasteiger charge is 2.32. The lowest BCUT2D eigenvalue weighted by Crippen LogP contribution is -2.42. The lowest BCUT2D eigenvalue weighted by molar-refractivity contribution is 0.0185. The van der Waals surface area contributed by atoms with E-state index in [9.17, 15) is 4.79 Å². The quantitative estimate of drug-likeness (QED) is 0.797. The van der Waals surface area contributed by atoms with Gasteiger partial charge in [-0.2, -0.15) is 4.98 Å². The van der Waals surface area contributed by atoms with Gasteiger partial charge >= 0.3 is 6.09 Å². The van der Waals surface area contributed by atoms with Crippen molar-refractivity contribution in [1.82, 2.24) is 14.9 Å². The molecular formula is C15H22ClN3O3. The van der Waals surface area contributed by atoms with E-state index in [1.807, 2.05) is 27.7 Å². The summed E-state index contributed by atoms with van der Waals surface area (Å²) in [6.07, 6.45) is 1.53. The normalized spacial score (nSPS) is 18.4. The van der Waals surface area contributed by atoms with Gasteiger partial charge in [0.1, 0.15) is 12.2 Å². The third-order valence-corrected chi connectivity index (χ3v) is 3.40. The minimum Gasteiger partial charge on any atom is -0.475 e. The van der Waals surface area contributed by atoms with Crippen molar-refractivity contribution in [2.75, 3.05) is 13.2 Å². The molecule has 0 aliphatic carbocycles. The first-order chi connectivity index (χ1) is 10.2. The van der Waals surface area contributed by atoms with Crippen molar-refractivity contribution < 1.29 is 14.3 Å². The summed E-state index contributed by atoms with van der Waals surface area (Å²) < 4.78 is 11.1. The van der Waals surface area contributed by atoms with Gasteiger partial charge in [0.15, 0.2) is 0 Å². The SMILES string of the molecule is Cc1cc(OC[C@@H]2CCCN2C(=O)OC(C)(C)C)nc(Cl)n1. The second kappa shape index (κ2) is 6.69. The molecule has 6 nitrogen and oxygen atoms in total. The molecule has 1 aliphatic rings. The van der Waals surface area contributed by atoms with E-state index in [1.165, 1.54) is 0 Å². The molecule has 1 aromatic heterocycles. The Morgan fingerprint density at radius 2 is 2.18 bits per heavy atom. The van der Waals surface area contributed by atoms with Crippen molar-refractivity contribution >= 4 is 17.7 Å². The Kier molecular flexibility index (Phi) is 5.11. The van der Waals surface area contributed by atoms with E-state index < -0.39 is 5.60 Å². The maximum atomic E-state index is 12.2. The van der Waals surface area contributed by atoms with E-state index in [2.05, 4.69) is 9.97 Å². The van der Waals surface area contributed by atoms with Crippen LogP contribution in [0.15, 0.2) is 6.07 Å². The molecule has 0 bridgehead atoms. The number of amides is 1. The summed E-state index contributed by atoms with van der Waals surface area (Å²) >= 11 is 5.81. The molecule has 1 saturated heterocycles. The lowest BCUT2D eigenvalue weighted by atomic mass is 10.2. The zero-order chi connectivity index (χ0) is 16.3. The highest BCUT2D eigenvalue weighted by atomic mass is 35.5. The molecule has 122 valence electrons. The molecule has 0 spiro atoms. The number of carbonyl (C=O) groups is 1. The number of hydrogen-bond acceptors (Lipinski definition) is 5. The van der Waals surface area contributed by atoms with Gasteiger partial charge < -0.3 is 14.4 Å². The molecule has 22 heavy (non-hydrogen) atoms. The van der Waals surface area contributed by atoms with Crippen molar-refractivity contribution in [1.29, 1.82) is 0 Å². The van der Waals surface area contributed by atoms with Crippen molar-refractivity contribution in [3.63, 3.8) is 0 Å². The maximum Gasteiger partial charge on any atom is 0.410 e. The van der Waals surface area contributed by atoms with Gasteiger partial charge in [0, 0.05) is 18.3 Å². The zero-order valence-corrected chi connectivity index (χ0v) is 14.2. The van der Waals surface area contributed by atoms with E-state index in [0.29, 0.717) is 19.0 Å². The molecule has 0 radical (unpaired) electrons. The Bertz CT molecular complexity index is 525. The third-order valence-electron chi connectivity index (χ3n) is 3.23. The fraction of sp³-hybridized carbons (Fsp3) is 0.667. The van der Waals surface area contributed by atoms with E-state index in [4.69, 9.17) is 21.1 Å². The molecule has 2 heterocycles. The van der Waals surface area contributed by atoms with Crippen LogP contribution in [0.1, 0.15) is 39.3 Å². The second-order valence-corrected chi connectivity index (χ2v) is 6.74. The predicted octanol–water partition coefficient (Wildman–Crippen LogP) is 3.22. The molecule has 0 unspecified atom stereocenters. The molecule has 1 aliphatic heterocycles. The van der Waals surface area contributed by atoms with Crippen LogP contribution in [-0.2, 0) is 4.74 Å². The topological polar surface area (TPSA) is 64.5 Å². The molecule has 7 heteroatoms. The Morgan fingerprint density at radius 1 is 1.45 bits per heavy atom. The zero-order valence-electron chi connectivity index (χ0n) is 13.4. The Morgan fingerprint density at radius 3 is 2.82 bits per heavy atom. The highest BCUT2D eigenvalue weighted by molar-refractivity contribution is 6.28. The average Bonchev–Trinajstić information content (AvgIpc) is 2.81. The van der Waals surface area contributed by atoms with Crippen LogP contribution in [0.3, 0.4) is 0 Å². The minimum absolute atomic E-state index is 0.0103. The van der Waals surface area contributed by atoms with Gasteiger partial charge in [0.2, 0.25) is 11.2 Å². The van der Waals surface area contributed by atoms with Gasteiger partial charge in [0.25, 0.3) is 0 Å². The van der Waals surface area contributed by atoms with Crippen LogP contribution in [0.25, 0.3) is 0 Å². The summed E-state index contributed by atoms with van der Waals surface area (Å²) in [6.45, 7) is 8.45. The minimum atomic E-state index is -0.498. The van der Waals surface area contributed by atoms with Gasteiger partial charge in [-0.25, -0.2) is 9.78 Å². The van der Waals surface area contributed by atoms with Crippen molar-refractivity contribution in [3.8, 4) is 5.88 Å². The van der Waals surface area contributed by atoms with Gasteiger partial charge in [0.05, 0.1) is 6.04 Å². The second-order valence-electron chi connectivity index (χ2n) is 6.40.